The van der Waals surface area contributed by atoms with E-state index in [0.29, 0.717) is 19.0 Å². The number of nitrogens with one attached hydrogen (secondary N) is 2. The van der Waals surface area contributed by atoms with Gasteiger partial charge in [0.1, 0.15) is 11.4 Å². The molecule has 120 valence electrons. The topological polar surface area (TPSA) is 76.4 Å². The fraction of sp³-hybridized carbons (Fsp3) is 0.733. The molecule has 0 aliphatic rings. The third-order valence-corrected chi connectivity index (χ3v) is 3.42. The molecular weight excluding hydrogens is 270 g/mol. The quantitative estimate of drug-likeness (QED) is 0.844. The number of hydrogen-bond acceptors (Lipinski definition) is 5. The molecule has 0 radical (unpaired) electrons. The highest BCUT2D eigenvalue weighted by atomic mass is 16.6. The van der Waals surface area contributed by atoms with Crippen LogP contribution in [0, 0.1) is 5.92 Å². The first-order valence-corrected chi connectivity index (χ1v) is 7.21. The van der Waals surface area contributed by atoms with Crippen molar-refractivity contribution < 1.29 is 13.9 Å². The number of amides is 1. The highest BCUT2D eigenvalue weighted by Gasteiger charge is 2.29. The predicted octanol–water partition coefficient (Wildman–Crippen LogP) is 2.70. The van der Waals surface area contributed by atoms with E-state index in [0.717, 1.165) is 5.76 Å². The maximum absolute atomic E-state index is 11.8. The van der Waals surface area contributed by atoms with Crippen LogP contribution in [0.1, 0.15) is 47.3 Å². The van der Waals surface area contributed by atoms with Crippen LogP contribution in [0.5, 0.6) is 0 Å². The van der Waals surface area contributed by atoms with Gasteiger partial charge >= 0.3 is 6.09 Å². The number of alkyl carbamates (subject to hydrolysis) is 1. The molecule has 1 heterocycles. The second kappa shape index (κ2) is 6.93. The molecule has 1 amide bonds. The third kappa shape index (κ3) is 6.16. The first-order chi connectivity index (χ1) is 9.62. The highest BCUT2D eigenvalue weighted by molar-refractivity contribution is 5.67. The van der Waals surface area contributed by atoms with Crippen LogP contribution in [-0.2, 0) is 11.3 Å². The zero-order valence-corrected chi connectivity index (χ0v) is 13.8. The molecule has 0 saturated carbocycles. The molecule has 2 N–H and O–H groups in total. The second-order valence-electron chi connectivity index (χ2n) is 6.75. The Labute approximate surface area is 126 Å². The molecule has 0 aliphatic heterocycles. The van der Waals surface area contributed by atoms with Gasteiger partial charge in [0.25, 0.3) is 0 Å². The van der Waals surface area contributed by atoms with E-state index in [4.69, 9.17) is 9.15 Å². The third-order valence-electron chi connectivity index (χ3n) is 3.42. The van der Waals surface area contributed by atoms with Crippen molar-refractivity contribution in [1.82, 2.24) is 15.6 Å². The lowest BCUT2D eigenvalue weighted by molar-refractivity contribution is 0.0502. The van der Waals surface area contributed by atoms with Crippen molar-refractivity contribution in [2.24, 2.45) is 5.92 Å². The minimum atomic E-state index is -0.494. The van der Waals surface area contributed by atoms with E-state index >= 15 is 0 Å². The molecule has 1 aromatic rings. The second-order valence-corrected chi connectivity index (χ2v) is 6.75. The minimum absolute atomic E-state index is 0.274. The van der Waals surface area contributed by atoms with Crippen molar-refractivity contribution in [3.8, 4) is 0 Å². The molecule has 0 aromatic carbocycles. The molecule has 0 saturated heterocycles. The van der Waals surface area contributed by atoms with E-state index < -0.39 is 11.7 Å². The number of carbonyl (C=O) groups excluding carboxylic acids is 1. The van der Waals surface area contributed by atoms with E-state index in [1.165, 1.54) is 6.39 Å². The summed E-state index contributed by atoms with van der Waals surface area (Å²) in [4.78, 5) is 15.7. The Bertz CT molecular complexity index is 438. The van der Waals surface area contributed by atoms with Gasteiger partial charge in [-0.2, -0.15) is 0 Å². The SMILES string of the molecule is CC(C)C(C)(CNC(=O)OC(C)(C)C)NCc1cnco1. The molecule has 6 nitrogen and oxygen atoms in total. The van der Waals surface area contributed by atoms with Crippen molar-refractivity contribution >= 4 is 6.09 Å². The summed E-state index contributed by atoms with van der Waals surface area (Å²) in [6, 6.07) is 0. The van der Waals surface area contributed by atoms with Crippen LogP contribution >= 0.6 is 0 Å². The summed E-state index contributed by atoms with van der Waals surface area (Å²) in [5, 5.41) is 6.23. The van der Waals surface area contributed by atoms with Gasteiger partial charge in [0.2, 0.25) is 0 Å². The number of rotatable bonds is 6. The Morgan fingerprint density at radius 3 is 2.52 bits per heavy atom. The van der Waals surface area contributed by atoms with Gasteiger partial charge in [-0.3, -0.25) is 0 Å². The number of ether oxygens (including phenoxy) is 1. The lowest BCUT2D eigenvalue weighted by Gasteiger charge is -2.35. The average molecular weight is 297 g/mol. The van der Waals surface area contributed by atoms with E-state index in [1.54, 1.807) is 6.20 Å². The Hall–Kier alpha value is -1.56. The molecule has 1 aromatic heterocycles. The van der Waals surface area contributed by atoms with Gasteiger partial charge in [-0.05, 0) is 33.6 Å². The summed E-state index contributed by atoms with van der Waals surface area (Å²) in [5.74, 6) is 1.08. The van der Waals surface area contributed by atoms with E-state index in [1.807, 2.05) is 20.8 Å². The standard InChI is InChI=1S/C15H27N3O3/c1-11(2)15(6,18-8-12-7-16-10-20-12)9-17-13(19)21-14(3,4)5/h7,10-11,18H,8-9H2,1-6H3,(H,17,19). The summed E-state index contributed by atoms with van der Waals surface area (Å²) >= 11 is 0. The largest absolute Gasteiger partial charge is 0.447 e. The van der Waals surface area contributed by atoms with Gasteiger partial charge in [-0.15, -0.1) is 0 Å². The van der Waals surface area contributed by atoms with Gasteiger partial charge in [0, 0.05) is 12.1 Å². The summed E-state index contributed by atoms with van der Waals surface area (Å²) in [5.41, 5.74) is -0.769. The fourth-order valence-corrected chi connectivity index (χ4v) is 1.66. The lowest BCUT2D eigenvalue weighted by Crippen LogP contribution is -2.55. The summed E-state index contributed by atoms with van der Waals surface area (Å²) < 4.78 is 10.5. The monoisotopic (exact) mass is 297 g/mol. The molecule has 21 heavy (non-hydrogen) atoms. The Kier molecular flexibility index (Phi) is 5.78. The average Bonchev–Trinajstić information content (AvgIpc) is 2.84. The van der Waals surface area contributed by atoms with Gasteiger partial charge in [0.15, 0.2) is 6.39 Å². The van der Waals surface area contributed by atoms with Crippen LogP contribution < -0.4 is 10.6 Å². The van der Waals surface area contributed by atoms with Crippen molar-refractivity contribution in [3.05, 3.63) is 18.4 Å². The van der Waals surface area contributed by atoms with E-state index in [-0.39, 0.29) is 5.54 Å². The van der Waals surface area contributed by atoms with Crippen LogP contribution in [0.15, 0.2) is 17.0 Å². The molecule has 0 fully saturated rings. The maximum Gasteiger partial charge on any atom is 0.407 e. The molecular formula is C15H27N3O3. The number of nitrogens with zero attached hydrogens (tertiary/aromatic N) is 1. The van der Waals surface area contributed by atoms with Crippen molar-refractivity contribution in [2.75, 3.05) is 6.54 Å². The minimum Gasteiger partial charge on any atom is -0.447 e. The molecule has 1 atom stereocenters. The molecule has 0 spiro atoms. The summed E-state index contributed by atoms with van der Waals surface area (Å²) in [6.07, 6.45) is 2.67. The molecule has 0 bridgehead atoms. The molecule has 1 unspecified atom stereocenters. The van der Waals surface area contributed by atoms with Crippen LogP contribution in [-0.4, -0.2) is 28.8 Å². The summed E-state index contributed by atoms with van der Waals surface area (Å²) in [7, 11) is 0. The Morgan fingerprint density at radius 1 is 1.38 bits per heavy atom. The fourth-order valence-electron chi connectivity index (χ4n) is 1.66. The zero-order valence-electron chi connectivity index (χ0n) is 13.8. The maximum atomic E-state index is 11.8. The first-order valence-electron chi connectivity index (χ1n) is 7.21. The smallest absolute Gasteiger partial charge is 0.407 e. The zero-order chi connectivity index (χ0) is 16.1. The Balaban J connectivity index is 2.53. The van der Waals surface area contributed by atoms with Crippen molar-refractivity contribution in [1.29, 1.82) is 0 Å². The van der Waals surface area contributed by atoms with Crippen molar-refractivity contribution in [3.63, 3.8) is 0 Å². The number of carbonyl (C=O) groups is 1. The van der Waals surface area contributed by atoms with Gasteiger partial charge in [-0.1, -0.05) is 13.8 Å². The Morgan fingerprint density at radius 2 is 2.05 bits per heavy atom. The highest BCUT2D eigenvalue weighted by Crippen LogP contribution is 2.17. The van der Waals surface area contributed by atoms with Crippen molar-refractivity contribution in [2.45, 2.75) is 59.2 Å². The first kappa shape index (κ1) is 17.5. The van der Waals surface area contributed by atoms with Crippen LogP contribution in [0.3, 0.4) is 0 Å². The van der Waals surface area contributed by atoms with Crippen LogP contribution in [0.25, 0.3) is 0 Å². The number of hydrogen-bond donors (Lipinski definition) is 2. The van der Waals surface area contributed by atoms with Crippen LogP contribution in [0.4, 0.5) is 4.79 Å². The lowest BCUT2D eigenvalue weighted by atomic mass is 9.88. The van der Waals surface area contributed by atoms with Gasteiger partial charge in [-0.25, -0.2) is 9.78 Å². The number of aromatic nitrogens is 1. The number of oxazole rings is 1. The predicted molar refractivity (Wildman–Crippen MR) is 80.8 cm³/mol. The molecule has 6 heteroatoms. The molecule has 0 aliphatic carbocycles. The summed E-state index contributed by atoms with van der Waals surface area (Å²) in [6.45, 7) is 12.8. The van der Waals surface area contributed by atoms with Crippen LogP contribution in [0.2, 0.25) is 0 Å². The van der Waals surface area contributed by atoms with Gasteiger partial charge < -0.3 is 19.8 Å². The normalized spacial score (nSPS) is 14.8. The van der Waals surface area contributed by atoms with Gasteiger partial charge in [0.05, 0.1) is 12.7 Å². The van der Waals surface area contributed by atoms with E-state index in [2.05, 4.69) is 36.4 Å². The van der Waals surface area contributed by atoms with E-state index in [9.17, 15) is 4.79 Å². The molecule has 1 rings (SSSR count).